The summed E-state index contributed by atoms with van der Waals surface area (Å²) in [6.07, 6.45) is 0. The predicted octanol–water partition coefficient (Wildman–Crippen LogP) is 2.07. The average molecular weight is 279 g/mol. The van der Waals surface area contributed by atoms with E-state index in [1.54, 1.807) is 11.3 Å². The van der Waals surface area contributed by atoms with Crippen LogP contribution >= 0.6 is 11.3 Å². The number of thiophene rings is 1. The van der Waals surface area contributed by atoms with Crippen LogP contribution in [0.1, 0.15) is 16.4 Å². The number of primary amides is 1. The number of amides is 1. The molecule has 1 aromatic heterocycles. The van der Waals surface area contributed by atoms with Crippen LogP contribution in [0.2, 0.25) is 0 Å². The second kappa shape index (κ2) is 5.93. The molecule has 0 spiro atoms. The first-order valence-corrected chi connectivity index (χ1v) is 7.73. The fourth-order valence-electron chi connectivity index (χ4n) is 1.77. The van der Waals surface area contributed by atoms with Crippen LogP contribution in [0.3, 0.4) is 0 Å². The lowest BCUT2D eigenvalue weighted by Crippen LogP contribution is -2.23. The number of rotatable bonds is 5. The van der Waals surface area contributed by atoms with Crippen molar-refractivity contribution in [2.24, 2.45) is 5.73 Å². The molecule has 1 amide bonds. The molecular weight excluding hydrogens is 266 g/mol. The minimum atomic E-state index is -1.34. The molecule has 0 saturated heterocycles. The van der Waals surface area contributed by atoms with Gasteiger partial charge in [-0.15, -0.1) is 0 Å². The molecule has 0 aliphatic heterocycles. The fourth-order valence-corrected chi connectivity index (χ4v) is 3.90. The smallest absolute Gasteiger partial charge is 0.230 e. The summed E-state index contributed by atoms with van der Waals surface area (Å²) in [4.78, 5) is 10.9. The van der Waals surface area contributed by atoms with Crippen LogP contribution < -0.4 is 5.73 Å². The van der Waals surface area contributed by atoms with Gasteiger partial charge in [0.15, 0.2) is 0 Å². The van der Waals surface area contributed by atoms with Crippen LogP contribution in [-0.4, -0.2) is 15.9 Å². The van der Waals surface area contributed by atoms with Crippen molar-refractivity contribution >= 4 is 28.0 Å². The van der Waals surface area contributed by atoms with Gasteiger partial charge in [0.2, 0.25) is 5.91 Å². The maximum Gasteiger partial charge on any atom is 0.230 e. The molecule has 18 heavy (non-hydrogen) atoms. The monoisotopic (exact) mass is 279 g/mol. The zero-order valence-corrected chi connectivity index (χ0v) is 11.2. The molecule has 1 aromatic carbocycles. The molecule has 1 heterocycles. The highest BCUT2D eigenvalue weighted by atomic mass is 32.2. The average Bonchev–Trinajstić information content (AvgIpc) is 2.83. The number of hydrogen-bond donors (Lipinski definition) is 1. The normalized spacial score (nSPS) is 14.0. The SMILES string of the molecule is NC(=O)CS(=O)C(c1ccccc1)c1ccsc1. The molecule has 2 unspecified atom stereocenters. The van der Waals surface area contributed by atoms with Crippen molar-refractivity contribution in [3.63, 3.8) is 0 Å². The van der Waals surface area contributed by atoms with E-state index in [1.165, 1.54) is 0 Å². The molecule has 94 valence electrons. The third kappa shape index (κ3) is 3.05. The van der Waals surface area contributed by atoms with E-state index in [-0.39, 0.29) is 11.0 Å². The Morgan fingerprint density at radius 1 is 1.22 bits per heavy atom. The summed E-state index contributed by atoms with van der Waals surface area (Å²) in [6, 6.07) is 11.5. The van der Waals surface area contributed by atoms with Crippen molar-refractivity contribution in [2.75, 3.05) is 5.75 Å². The lowest BCUT2D eigenvalue weighted by Gasteiger charge is -2.15. The molecule has 0 radical (unpaired) electrons. The predicted molar refractivity (Wildman–Crippen MR) is 74.8 cm³/mol. The Kier molecular flexibility index (Phi) is 4.28. The lowest BCUT2D eigenvalue weighted by molar-refractivity contribution is -0.115. The first kappa shape index (κ1) is 13.0. The summed E-state index contributed by atoms with van der Waals surface area (Å²) in [6.45, 7) is 0. The Labute approximate surface area is 112 Å². The van der Waals surface area contributed by atoms with E-state index < -0.39 is 16.7 Å². The van der Waals surface area contributed by atoms with Gasteiger partial charge in [-0.3, -0.25) is 9.00 Å². The van der Waals surface area contributed by atoms with Crippen molar-refractivity contribution < 1.29 is 9.00 Å². The fraction of sp³-hybridized carbons (Fsp3) is 0.154. The van der Waals surface area contributed by atoms with Gasteiger partial charge in [0, 0.05) is 10.8 Å². The van der Waals surface area contributed by atoms with E-state index in [0.29, 0.717) is 0 Å². The van der Waals surface area contributed by atoms with Crippen molar-refractivity contribution in [3.8, 4) is 0 Å². The Morgan fingerprint density at radius 3 is 2.50 bits per heavy atom. The molecular formula is C13H13NO2S2. The van der Waals surface area contributed by atoms with Crippen LogP contribution in [0.4, 0.5) is 0 Å². The molecule has 0 saturated carbocycles. The second-order valence-corrected chi connectivity index (χ2v) is 6.14. The third-order valence-corrected chi connectivity index (χ3v) is 4.84. The van der Waals surface area contributed by atoms with Crippen molar-refractivity contribution in [1.29, 1.82) is 0 Å². The van der Waals surface area contributed by atoms with Crippen LogP contribution in [0, 0.1) is 0 Å². The third-order valence-electron chi connectivity index (χ3n) is 2.50. The molecule has 5 heteroatoms. The topological polar surface area (TPSA) is 60.2 Å². The zero-order chi connectivity index (χ0) is 13.0. The Hall–Kier alpha value is -1.46. The van der Waals surface area contributed by atoms with Crippen LogP contribution in [-0.2, 0) is 15.6 Å². The highest BCUT2D eigenvalue weighted by Crippen LogP contribution is 2.29. The van der Waals surface area contributed by atoms with Gasteiger partial charge < -0.3 is 5.73 Å². The van der Waals surface area contributed by atoms with E-state index in [4.69, 9.17) is 5.73 Å². The van der Waals surface area contributed by atoms with Gasteiger partial charge in [-0.25, -0.2) is 0 Å². The summed E-state index contributed by atoms with van der Waals surface area (Å²) < 4.78 is 12.3. The maximum atomic E-state index is 12.3. The summed E-state index contributed by atoms with van der Waals surface area (Å²) >= 11 is 1.55. The summed E-state index contributed by atoms with van der Waals surface area (Å²) in [5.74, 6) is -0.653. The minimum Gasteiger partial charge on any atom is -0.369 e. The maximum absolute atomic E-state index is 12.3. The molecule has 2 N–H and O–H groups in total. The molecule has 2 aromatic rings. The van der Waals surface area contributed by atoms with E-state index in [1.807, 2.05) is 47.2 Å². The number of hydrogen-bond acceptors (Lipinski definition) is 3. The molecule has 0 aliphatic carbocycles. The number of benzene rings is 1. The largest absolute Gasteiger partial charge is 0.369 e. The summed E-state index contributed by atoms with van der Waals surface area (Å²) in [5, 5.41) is 3.61. The lowest BCUT2D eigenvalue weighted by atomic mass is 10.1. The van der Waals surface area contributed by atoms with E-state index in [0.717, 1.165) is 11.1 Å². The first-order valence-electron chi connectivity index (χ1n) is 5.41. The van der Waals surface area contributed by atoms with Crippen molar-refractivity contribution in [1.82, 2.24) is 0 Å². The van der Waals surface area contributed by atoms with E-state index >= 15 is 0 Å². The van der Waals surface area contributed by atoms with Gasteiger partial charge in [-0.1, -0.05) is 30.3 Å². The van der Waals surface area contributed by atoms with Crippen LogP contribution in [0.5, 0.6) is 0 Å². The molecule has 0 fully saturated rings. The highest BCUT2D eigenvalue weighted by Gasteiger charge is 2.22. The van der Waals surface area contributed by atoms with Gasteiger partial charge in [-0.05, 0) is 28.0 Å². The molecule has 2 rings (SSSR count). The van der Waals surface area contributed by atoms with Crippen LogP contribution in [0.15, 0.2) is 47.2 Å². The van der Waals surface area contributed by atoms with Crippen molar-refractivity contribution in [3.05, 3.63) is 58.3 Å². The van der Waals surface area contributed by atoms with Gasteiger partial charge >= 0.3 is 0 Å². The molecule has 2 atom stereocenters. The molecule has 0 aliphatic rings. The number of carbonyl (C=O) groups is 1. The highest BCUT2D eigenvalue weighted by molar-refractivity contribution is 7.86. The number of carbonyl (C=O) groups excluding carboxylic acids is 1. The Morgan fingerprint density at radius 2 is 1.94 bits per heavy atom. The van der Waals surface area contributed by atoms with Gasteiger partial charge in [0.1, 0.15) is 5.75 Å². The Balaban J connectivity index is 2.36. The van der Waals surface area contributed by atoms with Gasteiger partial charge in [0.25, 0.3) is 0 Å². The molecule has 3 nitrogen and oxygen atoms in total. The second-order valence-electron chi connectivity index (χ2n) is 3.84. The van der Waals surface area contributed by atoms with Crippen LogP contribution in [0.25, 0.3) is 0 Å². The van der Waals surface area contributed by atoms with E-state index in [9.17, 15) is 9.00 Å². The quantitative estimate of drug-likeness (QED) is 0.911. The van der Waals surface area contributed by atoms with Crippen molar-refractivity contribution in [2.45, 2.75) is 5.25 Å². The summed E-state index contributed by atoms with van der Waals surface area (Å²) in [5.41, 5.74) is 7.04. The van der Waals surface area contributed by atoms with E-state index in [2.05, 4.69) is 0 Å². The molecule has 0 bridgehead atoms. The zero-order valence-electron chi connectivity index (χ0n) is 9.61. The van der Waals surface area contributed by atoms with Gasteiger partial charge in [0.05, 0.1) is 5.25 Å². The number of nitrogens with two attached hydrogens (primary N) is 1. The minimum absolute atomic E-state index is 0.116. The standard InChI is InChI=1S/C13H13NO2S2/c14-12(15)9-18(16)13(11-6-7-17-8-11)10-4-2-1-3-5-10/h1-8,13H,9H2,(H2,14,15). The summed E-state index contributed by atoms with van der Waals surface area (Å²) in [7, 11) is -1.34. The first-order chi connectivity index (χ1) is 8.68. The van der Waals surface area contributed by atoms with Gasteiger partial charge in [-0.2, -0.15) is 11.3 Å². The Bertz CT molecular complexity index is 537.